The highest BCUT2D eigenvalue weighted by Crippen LogP contribution is 2.37. The average Bonchev–Trinajstić information content (AvgIpc) is 2.66. The van der Waals surface area contributed by atoms with Crippen molar-refractivity contribution in [3.8, 4) is 0 Å². The van der Waals surface area contributed by atoms with Crippen molar-refractivity contribution in [2.45, 2.75) is 31.3 Å². The summed E-state index contributed by atoms with van der Waals surface area (Å²) >= 11 is 11.5. The number of aliphatic hydroxyl groups is 1. The Hall–Kier alpha value is -1.59. The first kappa shape index (κ1) is 21.1. The fourth-order valence-corrected chi connectivity index (χ4v) is 3.92. The van der Waals surface area contributed by atoms with Gasteiger partial charge in [-0.05, 0) is 48.6 Å². The van der Waals surface area contributed by atoms with Gasteiger partial charge in [0.25, 0.3) is 0 Å². The summed E-state index contributed by atoms with van der Waals surface area (Å²) in [6.45, 7) is 0.588. The van der Waals surface area contributed by atoms with E-state index in [4.69, 9.17) is 27.9 Å². The smallest absolute Gasteiger partial charge is 0.249 e. The molecule has 28 heavy (non-hydrogen) atoms. The fraction of sp³-hybridized carbons (Fsp3) is 0.409. The van der Waals surface area contributed by atoms with Gasteiger partial charge in [-0.15, -0.1) is 0 Å². The van der Waals surface area contributed by atoms with Gasteiger partial charge in [-0.25, -0.2) is 0 Å². The molecule has 4 nitrogen and oxygen atoms in total. The number of amides is 1. The van der Waals surface area contributed by atoms with Crippen molar-refractivity contribution in [3.63, 3.8) is 0 Å². The minimum Gasteiger partial charge on any atom is -0.394 e. The third-order valence-corrected chi connectivity index (χ3v) is 5.86. The van der Waals surface area contributed by atoms with Gasteiger partial charge in [0.15, 0.2) is 0 Å². The Labute approximate surface area is 176 Å². The molecule has 0 spiro atoms. The molecule has 0 aromatic heterocycles. The summed E-state index contributed by atoms with van der Waals surface area (Å²) in [7, 11) is 0. The Balaban J connectivity index is 0.000000271. The summed E-state index contributed by atoms with van der Waals surface area (Å²) in [5, 5.41) is 11.3. The van der Waals surface area contributed by atoms with Gasteiger partial charge < -0.3 is 14.7 Å². The van der Waals surface area contributed by atoms with Crippen molar-refractivity contribution < 1.29 is 14.6 Å². The largest absolute Gasteiger partial charge is 0.394 e. The molecule has 2 aromatic rings. The summed E-state index contributed by atoms with van der Waals surface area (Å²) in [6, 6.07) is 16.7. The molecule has 0 bridgehead atoms. The topological polar surface area (TPSA) is 49.8 Å². The number of aliphatic hydroxyl groups excluding tert-OH is 1. The molecule has 4 rings (SSSR count). The van der Waals surface area contributed by atoms with E-state index >= 15 is 0 Å². The van der Waals surface area contributed by atoms with Crippen molar-refractivity contribution >= 4 is 29.1 Å². The maximum Gasteiger partial charge on any atom is 0.249 e. The molecule has 1 heterocycles. The lowest BCUT2D eigenvalue weighted by Gasteiger charge is -2.46. The van der Waals surface area contributed by atoms with Crippen LogP contribution >= 0.6 is 23.2 Å². The van der Waals surface area contributed by atoms with Crippen LogP contribution in [0.5, 0.6) is 0 Å². The van der Waals surface area contributed by atoms with Crippen LogP contribution in [0.1, 0.15) is 30.9 Å². The Bertz CT molecular complexity index is 750. The standard InChI is InChI=1S/C16H20ClNO3.C6H5Cl/c17-13-6-4-12(5-7-13)15-9-21-10-16(20)18(15)14(8-19)11-2-1-3-11;7-6-4-2-1-3-5-6/h4-7,11,14-15,19H,1-3,8-10H2;1-5H. The lowest BCUT2D eigenvalue weighted by Crippen LogP contribution is -2.54. The molecule has 2 unspecified atom stereocenters. The van der Waals surface area contributed by atoms with E-state index in [1.165, 1.54) is 6.42 Å². The van der Waals surface area contributed by atoms with E-state index in [1.807, 2.05) is 59.5 Å². The number of halogens is 2. The number of benzene rings is 2. The van der Waals surface area contributed by atoms with Crippen LogP contribution in [0.15, 0.2) is 54.6 Å². The van der Waals surface area contributed by atoms with Crippen LogP contribution in [0.3, 0.4) is 0 Å². The second kappa shape index (κ2) is 10.3. The van der Waals surface area contributed by atoms with Crippen LogP contribution < -0.4 is 0 Å². The van der Waals surface area contributed by atoms with Crippen LogP contribution in [0, 0.1) is 5.92 Å². The van der Waals surface area contributed by atoms with Crippen molar-refractivity contribution in [2.75, 3.05) is 19.8 Å². The van der Waals surface area contributed by atoms with Gasteiger partial charge in [0, 0.05) is 10.0 Å². The predicted molar refractivity (Wildman–Crippen MR) is 112 cm³/mol. The highest BCUT2D eigenvalue weighted by atomic mass is 35.5. The zero-order chi connectivity index (χ0) is 19.9. The summed E-state index contributed by atoms with van der Waals surface area (Å²) in [6.07, 6.45) is 3.36. The maximum absolute atomic E-state index is 12.4. The van der Waals surface area contributed by atoms with E-state index < -0.39 is 0 Å². The van der Waals surface area contributed by atoms with Gasteiger partial charge in [-0.2, -0.15) is 0 Å². The molecule has 1 saturated heterocycles. The van der Waals surface area contributed by atoms with Gasteiger partial charge in [0.1, 0.15) is 6.61 Å². The number of rotatable bonds is 4. The number of morpholine rings is 1. The molecule has 150 valence electrons. The van der Waals surface area contributed by atoms with Crippen molar-refractivity contribution in [1.82, 2.24) is 4.90 Å². The highest BCUT2D eigenvalue weighted by Gasteiger charge is 2.40. The predicted octanol–water partition coefficient (Wildman–Crippen LogP) is 4.74. The van der Waals surface area contributed by atoms with E-state index in [2.05, 4.69) is 0 Å². The molecular formula is C22H25Cl2NO3. The van der Waals surface area contributed by atoms with Gasteiger partial charge in [0.05, 0.1) is 25.3 Å². The summed E-state index contributed by atoms with van der Waals surface area (Å²) in [5.41, 5.74) is 1.00. The molecule has 2 aliphatic rings. The summed E-state index contributed by atoms with van der Waals surface area (Å²) in [5.74, 6) is 0.374. The van der Waals surface area contributed by atoms with Crippen LogP contribution in [-0.4, -0.2) is 41.8 Å². The Morgan fingerprint density at radius 3 is 2.18 bits per heavy atom. The minimum absolute atomic E-state index is 0.0144. The normalized spacial score (nSPS) is 20.8. The zero-order valence-electron chi connectivity index (χ0n) is 15.6. The van der Waals surface area contributed by atoms with Crippen LogP contribution in [0.2, 0.25) is 10.0 Å². The van der Waals surface area contributed by atoms with Crippen LogP contribution in [0.25, 0.3) is 0 Å². The number of carbonyl (C=O) groups excluding carboxylic acids is 1. The second-order valence-corrected chi connectivity index (χ2v) is 7.99. The summed E-state index contributed by atoms with van der Waals surface area (Å²) < 4.78 is 5.43. The van der Waals surface area contributed by atoms with Gasteiger partial charge in [0.2, 0.25) is 5.91 Å². The van der Waals surface area contributed by atoms with E-state index in [1.54, 1.807) is 0 Å². The van der Waals surface area contributed by atoms with Gasteiger partial charge in [-0.3, -0.25) is 4.79 Å². The first-order chi connectivity index (χ1) is 13.6. The summed E-state index contributed by atoms with van der Waals surface area (Å²) in [4.78, 5) is 14.2. The van der Waals surface area contributed by atoms with Crippen molar-refractivity contribution in [2.24, 2.45) is 5.92 Å². The molecule has 1 aliphatic carbocycles. The molecule has 2 aromatic carbocycles. The number of nitrogens with zero attached hydrogens (tertiary/aromatic N) is 1. The number of hydrogen-bond donors (Lipinski definition) is 1. The third-order valence-electron chi connectivity index (χ3n) is 5.35. The molecule has 1 amide bonds. The SMILES string of the molecule is Clc1ccccc1.O=C1COCC(c2ccc(Cl)cc2)N1C(CO)C1CCC1. The minimum atomic E-state index is -0.138. The number of ether oxygens (including phenoxy) is 1. The highest BCUT2D eigenvalue weighted by molar-refractivity contribution is 6.30. The molecule has 1 N–H and O–H groups in total. The van der Waals surface area contributed by atoms with Gasteiger partial charge in [-0.1, -0.05) is 60.0 Å². The first-order valence-electron chi connectivity index (χ1n) is 9.56. The second-order valence-electron chi connectivity index (χ2n) is 7.12. The first-order valence-corrected chi connectivity index (χ1v) is 10.3. The Kier molecular flexibility index (Phi) is 7.74. The van der Waals surface area contributed by atoms with E-state index in [9.17, 15) is 9.90 Å². The molecule has 1 aliphatic heterocycles. The van der Waals surface area contributed by atoms with E-state index in [0.29, 0.717) is 17.5 Å². The quantitative estimate of drug-likeness (QED) is 0.775. The number of carbonyl (C=O) groups is 1. The molecule has 6 heteroatoms. The van der Waals surface area contributed by atoms with Crippen molar-refractivity contribution in [3.05, 3.63) is 70.2 Å². The van der Waals surface area contributed by atoms with Crippen LogP contribution in [0.4, 0.5) is 0 Å². The Morgan fingerprint density at radius 2 is 1.68 bits per heavy atom. The fourth-order valence-electron chi connectivity index (χ4n) is 3.65. The molecule has 2 atom stereocenters. The molecule has 0 radical (unpaired) electrons. The molecule has 2 fully saturated rings. The van der Waals surface area contributed by atoms with Gasteiger partial charge >= 0.3 is 0 Å². The zero-order valence-corrected chi connectivity index (χ0v) is 17.1. The van der Waals surface area contributed by atoms with Crippen molar-refractivity contribution in [1.29, 1.82) is 0 Å². The lowest BCUT2D eigenvalue weighted by atomic mass is 9.78. The van der Waals surface area contributed by atoms with E-state index in [0.717, 1.165) is 23.4 Å². The van der Waals surface area contributed by atoms with Crippen LogP contribution in [-0.2, 0) is 9.53 Å². The number of hydrogen-bond acceptors (Lipinski definition) is 3. The monoisotopic (exact) mass is 421 g/mol. The average molecular weight is 422 g/mol. The maximum atomic E-state index is 12.4. The third kappa shape index (κ3) is 5.26. The molecule has 1 saturated carbocycles. The van der Waals surface area contributed by atoms with E-state index in [-0.39, 0.29) is 31.2 Å². The molecular weight excluding hydrogens is 397 g/mol. The lowest BCUT2D eigenvalue weighted by molar-refractivity contribution is -0.157. The Morgan fingerprint density at radius 1 is 1.04 bits per heavy atom.